The average molecular weight is 557 g/mol. The maximum Gasteiger partial charge on any atom is 0.354 e. The van der Waals surface area contributed by atoms with Gasteiger partial charge in [0.1, 0.15) is 35.2 Å². The molecule has 0 unspecified atom stereocenters. The van der Waals surface area contributed by atoms with Crippen LogP contribution in [0, 0.1) is 12.4 Å². The summed E-state index contributed by atoms with van der Waals surface area (Å²) in [5, 5.41) is 9.43. The predicted molar refractivity (Wildman–Crippen MR) is 147 cm³/mol. The molecule has 10 nitrogen and oxygen atoms in total. The second kappa shape index (κ2) is 11.6. The number of halogens is 1. The van der Waals surface area contributed by atoms with E-state index in [0.717, 1.165) is 44.8 Å². The third kappa shape index (κ3) is 5.89. The summed E-state index contributed by atoms with van der Waals surface area (Å²) in [6.45, 7) is 10.7. The van der Waals surface area contributed by atoms with Gasteiger partial charge in [-0.15, -0.1) is 0 Å². The van der Waals surface area contributed by atoms with Crippen LogP contribution in [0.3, 0.4) is 0 Å². The van der Waals surface area contributed by atoms with Crippen molar-refractivity contribution in [1.29, 1.82) is 0 Å². The molecule has 4 aromatic rings. The van der Waals surface area contributed by atoms with E-state index in [1.54, 1.807) is 6.07 Å². The first-order valence-electron chi connectivity index (χ1n) is 13.6. The third-order valence-electron chi connectivity index (χ3n) is 7.76. The Labute approximate surface area is 236 Å². The molecule has 0 saturated carbocycles. The highest BCUT2D eigenvalue weighted by Crippen LogP contribution is 2.31. The van der Waals surface area contributed by atoms with Crippen LogP contribution >= 0.6 is 0 Å². The van der Waals surface area contributed by atoms with Gasteiger partial charge in [0.05, 0.1) is 25.8 Å². The molecule has 5 heterocycles. The summed E-state index contributed by atoms with van der Waals surface area (Å²) in [7, 11) is 0. The number of aromatic nitrogens is 4. The minimum absolute atomic E-state index is 0.00570. The van der Waals surface area contributed by atoms with Crippen molar-refractivity contribution in [1.82, 2.24) is 24.4 Å². The van der Waals surface area contributed by atoms with E-state index < -0.39 is 11.8 Å². The smallest absolute Gasteiger partial charge is 0.354 e. The zero-order chi connectivity index (χ0) is 28.3. The van der Waals surface area contributed by atoms with E-state index in [9.17, 15) is 14.3 Å². The highest BCUT2D eigenvalue weighted by atomic mass is 19.1. The van der Waals surface area contributed by atoms with Crippen LogP contribution in [0.2, 0.25) is 0 Å². The number of hydrogen-bond donors (Lipinski definition) is 1. The van der Waals surface area contributed by atoms with Crippen molar-refractivity contribution in [3.63, 3.8) is 0 Å². The van der Waals surface area contributed by atoms with Gasteiger partial charge in [-0.3, -0.25) is 9.88 Å². The van der Waals surface area contributed by atoms with Gasteiger partial charge >= 0.3 is 5.97 Å². The Morgan fingerprint density at radius 3 is 2.71 bits per heavy atom. The van der Waals surface area contributed by atoms with Crippen molar-refractivity contribution in [3.8, 4) is 5.75 Å². The van der Waals surface area contributed by atoms with Gasteiger partial charge in [-0.25, -0.2) is 24.0 Å². The van der Waals surface area contributed by atoms with Gasteiger partial charge < -0.3 is 19.1 Å². The molecule has 0 bridgehead atoms. The summed E-state index contributed by atoms with van der Waals surface area (Å²) >= 11 is 0. The van der Waals surface area contributed by atoms with E-state index in [0.29, 0.717) is 35.9 Å². The van der Waals surface area contributed by atoms with Crippen molar-refractivity contribution in [2.24, 2.45) is 0 Å². The molecule has 1 N–H and O–H groups in total. The minimum atomic E-state index is -1.06. The van der Waals surface area contributed by atoms with Gasteiger partial charge in [-0.05, 0) is 74.2 Å². The highest BCUT2D eigenvalue weighted by molar-refractivity contribution is 5.88. The van der Waals surface area contributed by atoms with E-state index in [4.69, 9.17) is 21.0 Å². The van der Waals surface area contributed by atoms with Crippen LogP contribution in [0.5, 0.6) is 5.75 Å². The Morgan fingerprint density at radius 2 is 2.00 bits per heavy atom. The Kier molecular flexibility index (Phi) is 7.59. The van der Waals surface area contributed by atoms with Gasteiger partial charge in [-0.1, -0.05) is 12.1 Å². The lowest BCUT2D eigenvalue weighted by Crippen LogP contribution is -2.35. The zero-order valence-corrected chi connectivity index (χ0v) is 22.4. The molecular weight excluding hydrogens is 527 g/mol. The number of fused-ring (bicyclic) bond motifs is 1. The summed E-state index contributed by atoms with van der Waals surface area (Å²) < 4.78 is 27.7. The molecule has 2 saturated heterocycles. The molecule has 2 aliphatic heterocycles. The zero-order valence-electron chi connectivity index (χ0n) is 22.4. The molecule has 3 aromatic heterocycles. The number of likely N-dealkylation sites (tertiary alicyclic amines) is 1. The molecule has 11 heteroatoms. The highest BCUT2D eigenvalue weighted by Gasteiger charge is 2.26. The van der Waals surface area contributed by atoms with E-state index >= 15 is 0 Å². The average Bonchev–Trinajstić information content (AvgIpc) is 3.30. The van der Waals surface area contributed by atoms with Gasteiger partial charge in [0.15, 0.2) is 11.3 Å². The molecule has 41 heavy (non-hydrogen) atoms. The second-order valence-electron chi connectivity index (χ2n) is 10.4. The predicted octanol–water partition coefficient (Wildman–Crippen LogP) is 4.96. The Bertz CT molecular complexity index is 1620. The van der Waals surface area contributed by atoms with Gasteiger partial charge in [-0.2, -0.15) is 0 Å². The third-order valence-corrected chi connectivity index (χ3v) is 7.76. The standard InChI is InChI=1S/C30H29FN6O4/c1-32-21-14-24(31)27(33-15-21)18-41-22-4-2-3-20(13-22)19-7-10-36(11-8-19)17-28-34-25-5-6-26(30(38)39)35-29(25)37(28)16-23-9-12-40-23/h2-6,13-15,19,23H,7-12,16-18H2,(H,38,39)/t23-/m0/s1. The monoisotopic (exact) mass is 556 g/mol. The fourth-order valence-electron chi connectivity index (χ4n) is 5.37. The normalized spacial score (nSPS) is 17.7. The molecule has 0 spiro atoms. The first-order valence-corrected chi connectivity index (χ1v) is 13.6. The SMILES string of the molecule is [C-]#[N+]c1cnc(COc2cccc(C3CCN(Cc4nc5ccc(C(=O)O)nc5n4C[C@@H]4CCO4)CC3)c2)c(F)c1. The van der Waals surface area contributed by atoms with Crippen molar-refractivity contribution in [2.75, 3.05) is 19.7 Å². The number of piperidine rings is 1. The Morgan fingerprint density at radius 1 is 1.17 bits per heavy atom. The van der Waals surface area contributed by atoms with Gasteiger partial charge in [0.25, 0.3) is 0 Å². The molecule has 0 amide bonds. The molecule has 1 aromatic carbocycles. The van der Waals surface area contributed by atoms with Crippen LogP contribution in [0.1, 0.15) is 52.8 Å². The molecule has 210 valence electrons. The molecular formula is C30H29FN6O4. The van der Waals surface area contributed by atoms with Crippen molar-refractivity contribution in [3.05, 3.63) is 88.7 Å². The quantitative estimate of drug-likeness (QED) is 0.288. The van der Waals surface area contributed by atoms with Crippen molar-refractivity contribution >= 4 is 22.8 Å². The topological polar surface area (TPSA) is 107 Å². The van der Waals surface area contributed by atoms with Crippen molar-refractivity contribution < 1.29 is 23.8 Å². The largest absolute Gasteiger partial charge is 0.487 e. The maximum absolute atomic E-state index is 14.2. The second-order valence-corrected chi connectivity index (χ2v) is 10.4. The number of benzene rings is 1. The molecule has 0 aliphatic carbocycles. The van der Waals surface area contributed by atoms with Gasteiger partial charge in [0.2, 0.25) is 5.69 Å². The number of carbonyl (C=O) groups is 1. The first-order chi connectivity index (χ1) is 20.0. The van der Waals surface area contributed by atoms with Crippen LogP contribution in [0.15, 0.2) is 48.7 Å². The van der Waals surface area contributed by atoms with Crippen LogP contribution < -0.4 is 4.74 Å². The van der Waals surface area contributed by atoms with Crippen molar-refractivity contribution in [2.45, 2.75) is 51.0 Å². The Balaban J connectivity index is 1.10. The number of ether oxygens (including phenoxy) is 2. The first kappa shape index (κ1) is 26.8. The van der Waals surface area contributed by atoms with Crippen LogP contribution in [0.4, 0.5) is 10.1 Å². The summed E-state index contributed by atoms with van der Waals surface area (Å²) in [6, 6.07) is 12.3. The number of carboxylic acid groups (broad SMARTS) is 1. The number of aromatic carboxylic acids is 1. The molecule has 6 rings (SSSR count). The van der Waals surface area contributed by atoms with Crippen LogP contribution in [-0.2, 0) is 24.4 Å². The maximum atomic E-state index is 14.2. The number of hydrogen-bond acceptors (Lipinski definition) is 7. The molecule has 1 atom stereocenters. The van der Waals surface area contributed by atoms with E-state index in [1.807, 2.05) is 22.8 Å². The van der Waals surface area contributed by atoms with Crippen LogP contribution in [0.25, 0.3) is 16.0 Å². The minimum Gasteiger partial charge on any atom is -0.487 e. The number of imidazole rings is 1. The lowest BCUT2D eigenvalue weighted by molar-refractivity contribution is -0.0593. The number of nitrogens with zero attached hydrogens (tertiary/aromatic N) is 6. The number of rotatable bonds is 9. The summed E-state index contributed by atoms with van der Waals surface area (Å²) in [5.41, 5.74) is 2.78. The summed E-state index contributed by atoms with van der Waals surface area (Å²) in [4.78, 5) is 30.3. The van der Waals surface area contributed by atoms with Gasteiger partial charge in [0, 0.05) is 12.8 Å². The number of pyridine rings is 2. The molecule has 2 aliphatic rings. The fraction of sp³-hybridized carbons (Fsp3) is 0.367. The lowest BCUT2D eigenvalue weighted by atomic mass is 9.89. The lowest BCUT2D eigenvalue weighted by Gasteiger charge is -2.32. The fourth-order valence-corrected chi connectivity index (χ4v) is 5.37. The van der Waals surface area contributed by atoms with E-state index in [2.05, 4.69) is 25.8 Å². The summed E-state index contributed by atoms with van der Waals surface area (Å²) in [5.74, 6) is 0.278. The van der Waals surface area contributed by atoms with E-state index in [-0.39, 0.29) is 29.8 Å². The molecule has 0 radical (unpaired) electrons. The van der Waals surface area contributed by atoms with E-state index in [1.165, 1.54) is 23.9 Å². The van der Waals surface area contributed by atoms with Crippen LogP contribution in [-0.4, -0.2) is 61.3 Å². The summed E-state index contributed by atoms with van der Waals surface area (Å²) in [6.07, 6.45) is 4.33. The Hall–Kier alpha value is -4.40. The number of carboxylic acids is 1. The molecule has 2 fully saturated rings.